The van der Waals surface area contributed by atoms with Crippen LogP contribution in [0, 0.1) is 0 Å². The van der Waals surface area contributed by atoms with Crippen LogP contribution in [0.25, 0.3) is 10.9 Å². The summed E-state index contributed by atoms with van der Waals surface area (Å²) in [6, 6.07) is 9.67. The van der Waals surface area contributed by atoms with E-state index in [9.17, 15) is 4.79 Å². The second-order valence-electron chi connectivity index (χ2n) is 7.65. The summed E-state index contributed by atoms with van der Waals surface area (Å²) < 4.78 is 2.17. The number of fused-ring (bicyclic) bond motifs is 2. The molecule has 0 fully saturated rings. The summed E-state index contributed by atoms with van der Waals surface area (Å²) in [7, 11) is 1.64. The second kappa shape index (κ2) is 8.62. The highest BCUT2D eigenvalue weighted by molar-refractivity contribution is 6.06. The predicted octanol–water partition coefficient (Wildman–Crippen LogP) is 2.26. The molecule has 4 aromatic rings. The number of nitrogens with one attached hydrogen (secondary N) is 2. The van der Waals surface area contributed by atoms with Crippen molar-refractivity contribution in [1.29, 1.82) is 0 Å². The van der Waals surface area contributed by atoms with Gasteiger partial charge in [-0.25, -0.2) is 15.0 Å². The Morgan fingerprint density at radius 1 is 1.09 bits per heavy atom. The van der Waals surface area contributed by atoms with E-state index in [1.165, 1.54) is 0 Å². The van der Waals surface area contributed by atoms with Crippen LogP contribution in [0.1, 0.15) is 21.7 Å². The highest BCUT2D eigenvalue weighted by Crippen LogP contribution is 2.22. The van der Waals surface area contributed by atoms with E-state index in [2.05, 4.69) is 40.0 Å². The third-order valence-electron chi connectivity index (χ3n) is 5.75. The van der Waals surface area contributed by atoms with E-state index in [4.69, 9.17) is 0 Å². The van der Waals surface area contributed by atoms with Crippen LogP contribution in [0.5, 0.6) is 0 Å². The maximum Gasteiger partial charge on any atom is 0.251 e. The first-order valence-electron chi connectivity index (χ1n) is 10.6. The number of anilines is 2. The molecule has 2 N–H and O–H groups in total. The third kappa shape index (κ3) is 3.84. The zero-order chi connectivity index (χ0) is 21.9. The minimum atomic E-state index is -0.110. The van der Waals surface area contributed by atoms with Gasteiger partial charge in [-0.3, -0.25) is 9.78 Å². The van der Waals surface area contributed by atoms with Gasteiger partial charge in [-0.2, -0.15) is 0 Å². The van der Waals surface area contributed by atoms with E-state index in [0.29, 0.717) is 12.1 Å². The Morgan fingerprint density at radius 3 is 2.94 bits per heavy atom. The van der Waals surface area contributed by atoms with Crippen molar-refractivity contribution in [1.82, 2.24) is 29.8 Å². The molecule has 4 heterocycles. The lowest BCUT2D eigenvalue weighted by Gasteiger charge is -2.28. The highest BCUT2D eigenvalue weighted by Gasteiger charge is 2.18. The van der Waals surface area contributed by atoms with E-state index < -0.39 is 0 Å². The molecule has 1 aliphatic heterocycles. The van der Waals surface area contributed by atoms with Crippen molar-refractivity contribution in [3.8, 4) is 0 Å². The quantitative estimate of drug-likeness (QED) is 0.486. The van der Waals surface area contributed by atoms with Crippen molar-refractivity contribution in [2.75, 3.05) is 30.4 Å². The normalized spacial score (nSPS) is 13.1. The van der Waals surface area contributed by atoms with Crippen molar-refractivity contribution >= 4 is 28.4 Å². The summed E-state index contributed by atoms with van der Waals surface area (Å²) in [5, 5.41) is 6.94. The number of para-hydroxylation sites is 1. The lowest BCUT2D eigenvalue weighted by Crippen LogP contribution is -2.34. The van der Waals surface area contributed by atoms with Gasteiger partial charge in [0.05, 0.1) is 17.6 Å². The number of nitrogens with zero attached hydrogens (tertiary/aromatic N) is 6. The molecule has 1 amide bonds. The van der Waals surface area contributed by atoms with Crippen LogP contribution in [-0.4, -0.2) is 50.5 Å². The van der Waals surface area contributed by atoms with Crippen molar-refractivity contribution in [2.45, 2.75) is 19.5 Å². The molecule has 0 saturated carbocycles. The Bertz CT molecular complexity index is 1270. The smallest absolute Gasteiger partial charge is 0.251 e. The molecule has 162 valence electrons. The van der Waals surface area contributed by atoms with Gasteiger partial charge in [-0.1, -0.05) is 18.2 Å². The van der Waals surface area contributed by atoms with Crippen molar-refractivity contribution in [3.05, 3.63) is 72.2 Å². The fraction of sp³-hybridized carbons (Fsp3) is 0.261. The number of amides is 1. The Balaban J connectivity index is 1.28. The van der Waals surface area contributed by atoms with Crippen molar-refractivity contribution in [2.24, 2.45) is 0 Å². The summed E-state index contributed by atoms with van der Waals surface area (Å²) >= 11 is 0. The first kappa shape index (κ1) is 19.9. The fourth-order valence-electron chi connectivity index (χ4n) is 4.08. The molecule has 0 unspecified atom stereocenters. The van der Waals surface area contributed by atoms with Gasteiger partial charge in [-0.05, 0) is 18.1 Å². The molecule has 5 rings (SSSR count). The van der Waals surface area contributed by atoms with Gasteiger partial charge >= 0.3 is 0 Å². The summed E-state index contributed by atoms with van der Waals surface area (Å²) in [6.45, 7) is 3.20. The van der Waals surface area contributed by atoms with Gasteiger partial charge in [0.1, 0.15) is 23.8 Å². The molecular formula is C23H24N8O. The lowest BCUT2D eigenvalue weighted by atomic mass is 10.0. The van der Waals surface area contributed by atoms with E-state index in [-0.39, 0.29) is 5.91 Å². The number of imidazole rings is 1. The lowest BCUT2D eigenvalue weighted by molar-refractivity contribution is 0.0964. The molecule has 3 aromatic heterocycles. The highest BCUT2D eigenvalue weighted by atomic mass is 16.1. The van der Waals surface area contributed by atoms with Crippen LogP contribution in [-0.2, 0) is 19.5 Å². The zero-order valence-corrected chi connectivity index (χ0v) is 17.8. The Morgan fingerprint density at radius 2 is 2.03 bits per heavy atom. The predicted molar refractivity (Wildman–Crippen MR) is 123 cm³/mol. The van der Waals surface area contributed by atoms with E-state index in [1.807, 2.05) is 36.7 Å². The Hall–Kier alpha value is -4.01. The number of carbonyl (C=O) groups is 1. The molecular weight excluding hydrogens is 404 g/mol. The van der Waals surface area contributed by atoms with Gasteiger partial charge in [-0.15, -0.1) is 0 Å². The molecule has 1 aromatic carbocycles. The van der Waals surface area contributed by atoms with Crippen LogP contribution >= 0.6 is 0 Å². The van der Waals surface area contributed by atoms with Crippen LogP contribution in [0.3, 0.4) is 0 Å². The van der Waals surface area contributed by atoms with E-state index in [1.54, 1.807) is 25.6 Å². The molecule has 32 heavy (non-hydrogen) atoms. The molecule has 0 aliphatic carbocycles. The van der Waals surface area contributed by atoms with Crippen LogP contribution in [0.15, 0.2) is 55.2 Å². The second-order valence-corrected chi connectivity index (χ2v) is 7.65. The maximum atomic E-state index is 12.2. The summed E-state index contributed by atoms with van der Waals surface area (Å²) in [5.74, 6) is 2.60. The molecule has 0 atom stereocenters. The van der Waals surface area contributed by atoms with Crippen LogP contribution < -0.4 is 15.5 Å². The molecule has 0 bridgehead atoms. The number of hydrogen-bond donors (Lipinski definition) is 2. The number of aromatic nitrogens is 5. The topological polar surface area (TPSA) is 101 Å². The average Bonchev–Trinajstić information content (AvgIpc) is 3.31. The molecule has 0 radical (unpaired) electrons. The first-order valence-corrected chi connectivity index (χ1v) is 10.6. The summed E-state index contributed by atoms with van der Waals surface area (Å²) in [6.07, 6.45) is 7.88. The van der Waals surface area contributed by atoms with Crippen LogP contribution in [0.4, 0.5) is 11.6 Å². The average molecular weight is 429 g/mol. The largest absolute Gasteiger partial charge is 0.370 e. The van der Waals surface area contributed by atoms with Crippen molar-refractivity contribution in [3.63, 3.8) is 0 Å². The number of benzene rings is 1. The Labute approximate surface area is 185 Å². The van der Waals surface area contributed by atoms with Gasteiger partial charge in [0.25, 0.3) is 5.91 Å². The molecule has 0 saturated heterocycles. The Kier molecular flexibility index (Phi) is 5.37. The summed E-state index contributed by atoms with van der Waals surface area (Å²) in [5.41, 5.74) is 2.57. The first-order chi connectivity index (χ1) is 15.7. The molecule has 0 spiro atoms. The zero-order valence-electron chi connectivity index (χ0n) is 17.8. The number of rotatable bonds is 6. The van der Waals surface area contributed by atoms with E-state index in [0.717, 1.165) is 60.0 Å². The maximum absolute atomic E-state index is 12.2. The van der Waals surface area contributed by atoms with Gasteiger partial charge in [0, 0.05) is 56.7 Å². The minimum absolute atomic E-state index is 0.110. The summed E-state index contributed by atoms with van der Waals surface area (Å²) in [4.78, 5) is 32.2. The molecule has 9 nitrogen and oxygen atoms in total. The number of carbonyl (C=O) groups excluding carboxylic acids is 1. The van der Waals surface area contributed by atoms with Crippen LogP contribution in [0.2, 0.25) is 0 Å². The number of pyridine rings is 1. The number of hydrogen-bond acceptors (Lipinski definition) is 7. The van der Waals surface area contributed by atoms with Gasteiger partial charge < -0.3 is 20.1 Å². The minimum Gasteiger partial charge on any atom is -0.370 e. The van der Waals surface area contributed by atoms with Gasteiger partial charge in [0.2, 0.25) is 0 Å². The molecule has 1 aliphatic rings. The van der Waals surface area contributed by atoms with Crippen molar-refractivity contribution < 1.29 is 4.79 Å². The van der Waals surface area contributed by atoms with Gasteiger partial charge in [0.15, 0.2) is 0 Å². The fourth-order valence-corrected chi connectivity index (χ4v) is 4.08. The molecule has 9 heteroatoms. The standard InChI is InChI=1S/C23H24N8O/c1-24-23(32)18-6-8-27-22-16(3-2-4-17(18)22)5-7-25-19-13-20(29-15-28-19)31-12-11-30-10-9-26-21(30)14-31/h2-4,6,8-10,13,15H,5,7,11-12,14H2,1H3,(H,24,32)(H,25,28,29). The SMILES string of the molecule is CNC(=O)c1ccnc2c(CCNc3cc(N4CCn5ccnc5C4)ncn3)cccc12. The van der Waals surface area contributed by atoms with E-state index >= 15 is 0 Å². The monoisotopic (exact) mass is 428 g/mol. The third-order valence-corrected chi connectivity index (χ3v) is 5.75.